The first kappa shape index (κ1) is 8.25. The van der Waals surface area contributed by atoms with Crippen LogP contribution in [-0.4, -0.2) is 18.6 Å². The lowest BCUT2D eigenvalue weighted by Gasteiger charge is -1.86. The maximum absolute atomic E-state index is 4.04. The van der Waals surface area contributed by atoms with Gasteiger partial charge in [-0.15, -0.1) is 11.3 Å². The fraction of sp³-hybridized carbons (Fsp3) is 0.375. The topological polar surface area (TPSA) is 24.9 Å². The highest BCUT2D eigenvalue weighted by Crippen LogP contribution is 1.97. The highest BCUT2D eigenvalue weighted by molar-refractivity contribution is 7.07. The quantitative estimate of drug-likeness (QED) is 0.526. The van der Waals surface area contributed by atoms with E-state index in [-0.39, 0.29) is 0 Å². The van der Waals surface area contributed by atoms with Crippen LogP contribution in [0.15, 0.2) is 10.9 Å². The lowest BCUT2D eigenvalue weighted by atomic mass is 10.4. The second-order valence-electron chi connectivity index (χ2n) is 2.03. The Morgan fingerprint density at radius 2 is 2.64 bits per heavy atom. The monoisotopic (exact) mass is 166 g/mol. The number of hydrogen-bond acceptors (Lipinski definition) is 3. The number of thiazole rings is 1. The van der Waals surface area contributed by atoms with Gasteiger partial charge in [0.2, 0.25) is 0 Å². The van der Waals surface area contributed by atoms with E-state index in [0.29, 0.717) is 0 Å². The van der Waals surface area contributed by atoms with Crippen LogP contribution in [0.3, 0.4) is 0 Å². The van der Waals surface area contributed by atoms with E-state index in [9.17, 15) is 0 Å². The van der Waals surface area contributed by atoms with E-state index >= 15 is 0 Å². The second-order valence-corrected chi connectivity index (χ2v) is 2.75. The number of rotatable bonds is 2. The normalized spacial score (nSPS) is 8.82. The van der Waals surface area contributed by atoms with Crippen molar-refractivity contribution < 1.29 is 0 Å². The molecule has 0 amide bonds. The lowest BCUT2D eigenvalue weighted by molar-refractivity contribution is 0.818. The molecule has 2 nitrogen and oxygen atoms in total. The van der Waals surface area contributed by atoms with Gasteiger partial charge in [0, 0.05) is 18.3 Å². The van der Waals surface area contributed by atoms with Crippen molar-refractivity contribution in [1.82, 2.24) is 10.3 Å². The Bertz CT molecular complexity index is 243. The minimum absolute atomic E-state index is 0.881. The third-order valence-corrected chi connectivity index (χ3v) is 1.74. The summed E-state index contributed by atoms with van der Waals surface area (Å²) < 4.78 is 0. The van der Waals surface area contributed by atoms with Gasteiger partial charge < -0.3 is 5.32 Å². The Morgan fingerprint density at radius 3 is 3.27 bits per heavy atom. The molecule has 0 radical (unpaired) electrons. The van der Waals surface area contributed by atoms with Gasteiger partial charge in [-0.1, -0.05) is 5.92 Å². The van der Waals surface area contributed by atoms with E-state index in [1.807, 2.05) is 12.4 Å². The van der Waals surface area contributed by atoms with Crippen molar-refractivity contribution in [2.45, 2.75) is 6.42 Å². The summed E-state index contributed by atoms with van der Waals surface area (Å²) in [7, 11) is 1.92. The molecule has 0 bridgehead atoms. The summed E-state index contributed by atoms with van der Waals surface area (Å²) >= 11 is 1.57. The van der Waals surface area contributed by atoms with Gasteiger partial charge in [-0.2, -0.15) is 0 Å². The number of hydrogen-bond donors (Lipinski definition) is 1. The molecule has 0 unspecified atom stereocenters. The fourth-order valence-corrected chi connectivity index (χ4v) is 1.10. The Kier molecular flexibility index (Phi) is 3.67. The summed E-state index contributed by atoms with van der Waals surface area (Å²) in [6, 6.07) is 0. The summed E-state index contributed by atoms with van der Waals surface area (Å²) in [4.78, 5) is 4.04. The van der Waals surface area contributed by atoms with Crippen LogP contribution in [0.5, 0.6) is 0 Å². The van der Waals surface area contributed by atoms with Gasteiger partial charge in [-0.25, -0.2) is 4.98 Å². The molecule has 11 heavy (non-hydrogen) atoms. The van der Waals surface area contributed by atoms with Crippen LogP contribution >= 0.6 is 11.3 Å². The first-order valence-corrected chi connectivity index (χ1v) is 4.39. The number of nitrogens with one attached hydrogen (secondary N) is 1. The molecule has 3 heteroatoms. The molecule has 58 valence electrons. The SMILES string of the molecule is CNCCC#Cc1cscn1. The molecule has 0 aliphatic carbocycles. The first-order chi connectivity index (χ1) is 5.43. The van der Waals surface area contributed by atoms with Gasteiger partial charge in [-0.05, 0) is 13.0 Å². The standard InChI is InChI=1S/C8H10N2S/c1-9-5-3-2-4-8-6-11-7-10-8/h6-7,9H,3,5H2,1H3. The highest BCUT2D eigenvalue weighted by atomic mass is 32.1. The molecule has 0 fully saturated rings. The van der Waals surface area contributed by atoms with Crippen molar-refractivity contribution in [2.24, 2.45) is 0 Å². The van der Waals surface area contributed by atoms with Crippen molar-refractivity contribution in [1.29, 1.82) is 0 Å². The molecular weight excluding hydrogens is 156 g/mol. The zero-order chi connectivity index (χ0) is 7.94. The van der Waals surface area contributed by atoms with Crippen LogP contribution in [0.2, 0.25) is 0 Å². The third-order valence-electron chi connectivity index (χ3n) is 1.15. The van der Waals surface area contributed by atoms with Crippen molar-refractivity contribution in [3.8, 4) is 11.8 Å². The Morgan fingerprint density at radius 1 is 1.73 bits per heavy atom. The Hall–Kier alpha value is -0.850. The molecule has 0 aliphatic heterocycles. The van der Waals surface area contributed by atoms with Crippen LogP contribution < -0.4 is 5.32 Å². The van der Waals surface area contributed by atoms with Gasteiger partial charge >= 0.3 is 0 Å². The van der Waals surface area contributed by atoms with Gasteiger partial charge in [0.05, 0.1) is 5.51 Å². The maximum atomic E-state index is 4.04. The molecule has 0 spiro atoms. The predicted molar refractivity (Wildman–Crippen MR) is 47.5 cm³/mol. The van der Waals surface area contributed by atoms with Crippen LogP contribution in [0.25, 0.3) is 0 Å². The van der Waals surface area contributed by atoms with Crippen molar-refractivity contribution in [2.75, 3.05) is 13.6 Å². The average molecular weight is 166 g/mol. The van der Waals surface area contributed by atoms with E-state index in [1.54, 1.807) is 16.8 Å². The Labute approximate surface area is 70.7 Å². The summed E-state index contributed by atoms with van der Waals surface area (Å²) in [5, 5.41) is 4.98. The molecule has 1 aromatic rings. The molecule has 0 saturated carbocycles. The summed E-state index contributed by atoms with van der Waals surface area (Å²) in [6.07, 6.45) is 0.883. The predicted octanol–water partition coefficient (Wildman–Crippen LogP) is 1.10. The first-order valence-electron chi connectivity index (χ1n) is 3.45. The second kappa shape index (κ2) is 4.89. The zero-order valence-electron chi connectivity index (χ0n) is 6.42. The lowest BCUT2D eigenvalue weighted by Crippen LogP contribution is -2.05. The van der Waals surface area contributed by atoms with E-state index in [2.05, 4.69) is 22.1 Å². The summed E-state index contributed by atoms with van der Waals surface area (Å²) in [6.45, 7) is 0.942. The molecule has 1 rings (SSSR count). The van der Waals surface area contributed by atoms with Crippen LogP contribution in [0.1, 0.15) is 12.1 Å². The fourth-order valence-electron chi connectivity index (χ4n) is 0.615. The zero-order valence-corrected chi connectivity index (χ0v) is 7.24. The van der Waals surface area contributed by atoms with E-state index in [0.717, 1.165) is 18.7 Å². The highest BCUT2D eigenvalue weighted by Gasteiger charge is 1.84. The molecular formula is C8H10N2S. The van der Waals surface area contributed by atoms with E-state index in [1.165, 1.54) is 0 Å². The van der Waals surface area contributed by atoms with Crippen LogP contribution in [0.4, 0.5) is 0 Å². The molecule has 1 aromatic heterocycles. The van der Waals surface area contributed by atoms with Gasteiger partial charge in [0.1, 0.15) is 5.69 Å². The minimum Gasteiger partial charge on any atom is -0.319 e. The molecule has 0 aliphatic rings. The van der Waals surface area contributed by atoms with Crippen molar-refractivity contribution in [3.63, 3.8) is 0 Å². The number of aromatic nitrogens is 1. The summed E-state index contributed by atoms with van der Waals surface area (Å²) in [5.41, 5.74) is 2.67. The van der Waals surface area contributed by atoms with E-state index < -0.39 is 0 Å². The van der Waals surface area contributed by atoms with Crippen LogP contribution in [-0.2, 0) is 0 Å². The van der Waals surface area contributed by atoms with Crippen LogP contribution in [0, 0.1) is 11.8 Å². The van der Waals surface area contributed by atoms with E-state index in [4.69, 9.17) is 0 Å². The average Bonchev–Trinajstić information content (AvgIpc) is 2.50. The molecule has 1 N–H and O–H groups in total. The van der Waals surface area contributed by atoms with Gasteiger partial charge in [0.25, 0.3) is 0 Å². The Balaban J connectivity index is 2.33. The summed E-state index contributed by atoms with van der Waals surface area (Å²) in [5.74, 6) is 5.99. The largest absolute Gasteiger partial charge is 0.319 e. The van der Waals surface area contributed by atoms with Gasteiger partial charge in [-0.3, -0.25) is 0 Å². The third kappa shape index (κ3) is 3.17. The van der Waals surface area contributed by atoms with Crippen molar-refractivity contribution >= 4 is 11.3 Å². The minimum atomic E-state index is 0.881. The van der Waals surface area contributed by atoms with Gasteiger partial charge in [0.15, 0.2) is 0 Å². The number of nitrogens with zero attached hydrogens (tertiary/aromatic N) is 1. The molecule has 0 atom stereocenters. The van der Waals surface area contributed by atoms with Crippen molar-refractivity contribution in [3.05, 3.63) is 16.6 Å². The maximum Gasteiger partial charge on any atom is 0.124 e. The smallest absolute Gasteiger partial charge is 0.124 e. The molecule has 1 heterocycles. The molecule has 0 saturated heterocycles. The molecule has 0 aromatic carbocycles.